The summed E-state index contributed by atoms with van der Waals surface area (Å²) in [6.45, 7) is 5.37. The van der Waals surface area contributed by atoms with Crippen LogP contribution in [0.5, 0.6) is 5.75 Å². The highest BCUT2D eigenvalue weighted by molar-refractivity contribution is 5.99. The largest absolute Gasteiger partial charge is 0.487 e. The van der Waals surface area contributed by atoms with E-state index < -0.39 is 17.7 Å². The van der Waals surface area contributed by atoms with E-state index in [-0.39, 0.29) is 12.5 Å². The molecular formula is C15H21N3O4. The van der Waals surface area contributed by atoms with E-state index >= 15 is 0 Å². The van der Waals surface area contributed by atoms with E-state index in [0.29, 0.717) is 11.6 Å². The number of pyridine rings is 1. The fourth-order valence-corrected chi connectivity index (χ4v) is 2.05. The molecule has 2 rings (SSSR count). The van der Waals surface area contributed by atoms with Crippen molar-refractivity contribution in [1.29, 1.82) is 0 Å². The van der Waals surface area contributed by atoms with E-state index in [0.717, 1.165) is 0 Å². The van der Waals surface area contributed by atoms with Gasteiger partial charge >= 0.3 is 6.09 Å². The lowest BCUT2D eigenvalue weighted by Crippen LogP contribution is -2.51. The molecule has 0 saturated carbocycles. The first-order valence-corrected chi connectivity index (χ1v) is 7.02. The minimum Gasteiger partial charge on any atom is -0.487 e. The second kappa shape index (κ2) is 5.82. The Kier molecular flexibility index (Phi) is 4.25. The monoisotopic (exact) mass is 307 g/mol. The minimum absolute atomic E-state index is 0.0532. The number of aromatic nitrogens is 1. The third-order valence-corrected chi connectivity index (χ3v) is 3.23. The lowest BCUT2D eigenvalue weighted by Gasteiger charge is -2.29. The number of amides is 2. The maximum absolute atomic E-state index is 12.6. The molecule has 22 heavy (non-hydrogen) atoms. The molecule has 0 radical (unpaired) electrons. The average molecular weight is 307 g/mol. The second-order valence-corrected chi connectivity index (χ2v) is 6.14. The highest BCUT2D eigenvalue weighted by Crippen LogP contribution is 2.28. The van der Waals surface area contributed by atoms with E-state index in [1.54, 1.807) is 46.1 Å². The van der Waals surface area contributed by atoms with Gasteiger partial charge in [0, 0.05) is 20.3 Å². The zero-order valence-corrected chi connectivity index (χ0v) is 13.5. The summed E-state index contributed by atoms with van der Waals surface area (Å²) in [5.41, 5.74) is -0.629. The van der Waals surface area contributed by atoms with Gasteiger partial charge in [0.25, 0.3) is 5.91 Å². The molecule has 1 aromatic heterocycles. The molecule has 0 aliphatic carbocycles. The van der Waals surface area contributed by atoms with Crippen molar-refractivity contribution in [2.24, 2.45) is 0 Å². The zero-order valence-electron chi connectivity index (χ0n) is 13.5. The number of rotatable bonds is 1. The molecule has 7 nitrogen and oxygen atoms in total. The van der Waals surface area contributed by atoms with E-state index in [4.69, 9.17) is 9.47 Å². The van der Waals surface area contributed by atoms with Gasteiger partial charge in [0.2, 0.25) is 0 Å². The van der Waals surface area contributed by atoms with Crippen molar-refractivity contribution in [2.75, 3.05) is 25.6 Å². The quantitative estimate of drug-likeness (QED) is 0.789. The summed E-state index contributed by atoms with van der Waals surface area (Å²) in [6.07, 6.45) is 1.02. The van der Waals surface area contributed by atoms with Gasteiger partial charge in [0.15, 0.2) is 11.6 Å². The lowest BCUT2D eigenvalue weighted by molar-refractivity contribution is -0.123. The number of carbonyl (C=O) groups is 2. The molecule has 0 N–H and O–H groups in total. The van der Waals surface area contributed by atoms with Crippen LogP contribution >= 0.6 is 0 Å². The normalized spacial score (nSPS) is 18.1. The standard InChI is InChI=1S/C15H21N3O4/c1-15(2,3)22-14(20)17(4)10-9-21-11-7-6-8-16-12(11)18(5)13(10)19/h6-8,10H,9H2,1-5H3/t10-/m1/s1. The highest BCUT2D eigenvalue weighted by Gasteiger charge is 2.36. The molecule has 0 aromatic carbocycles. The van der Waals surface area contributed by atoms with Crippen molar-refractivity contribution in [3.63, 3.8) is 0 Å². The van der Waals surface area contributed by atoms with Crippen LogP contribution in [0.4, 0.5) is 10.6 Å². The fraction of sp³-hybridized carbons (Fsp3) is 0.533. The number of fused-ring (bicyclic) bond motifs is 1. The molecule has 0 bridgehead atoms. The molecule has 1 aliphatic rings. The van der Waals surface area contributed by atoms with Gasteiger partial charge in [-0.25, -0.2) is 9.78 Å². The summed E-state index contributed by atoms with van der Waals surface area (Å²) in [6, 6.07) is 2.70. The van der Waals surface area contributed by atoms with Crippen molar-refractivity contribution < 1.29 is 19.1 Å². The first kappa shape index (κ1) is 16.1. The number of ether oxygens (including phenoxy) is 2. The summed E-state index contributed by atoms with van der Waals surface area (Å²) < 4.78 is 10.9. The van der Waals surface area contributed by atoms with Gasteiger partial charge in [-0.1, -0.05) is 0 Å². The topological polar surface area (TPSA) is 72.0 Å². The van der Waals surface area contributed by atoms with Crippen LogP contribution in [0.2, 0.25) is 0 Å². The van der Waals surface area contributed by atoms with Crippen LogP contribution in [-0.2, 0) is 9.53 Å². The Morgan fingerprint density at radius 1 is 1.50 bits per heavy atom. The van der Waals surface area contributed by atoms with Gasteiger partial charge in [-0.15, -0.1) is 0 Å². The lowest BCUT2D eigenvalue weighted by atomic mass is 10.2. The maximum atomic E-state index is 12.6. The minimum atomic E-state index is -0.769. The Balaban J connectivity index is 2.20. The Bertz CT molecular complexity index is 582. The Hall–Kier alpha value is -2.31. The number of carbonyl (C=O) groups excluding carboxylic acids is 2. The van der Waals surface area contributed by atoms with E-state index in [2.05, 4.69) is 4.98 Å². The molecule has 0 spiro atoms. The van der Waals surface area contributed by atoms with Crippen LogP contribution in [-0.4, -0.2) is 54.2 Å². The molecule has 2 heterocycles. The van der Waals surface area contributed by atoms with Gasteiger partial charge in [-0.05, 0) is 32.9 Å². The Morgan fingerprint density at radius 2 is 2.18 bits per heavy atom. The molecule has 1 aliphatic heterocycles. The van der Waals surface area contributed by atoms with Gasteiger partial charge in [-0.2, -0.15) is 0 Å². The first-order valence-electron chi connectivity index (χ1n) is 7.02. The molecule has 1 atom stereocenters. The van der Waals surface area contributed by atoms with Crippen molar-refractivity contribution in [3.05, 3.63) is 18.3 Å². The van der Waals surface area contributed by atoms with Gasteiger partial charge in [0.1, 0.15) is 18.2 Å². The third kappa shape index (κ3) is 3.29. The van der Waals surface area contributed by atoms with Gasteiger partial charge in [0.05, 0.1) is 0 Å². The number of anilines is 1. The van der Waals surface area contributed by atoms with Crippen LogP contribution in [0.15, 0.2) is 18.3 Å². The molecule has 0 unspecified atom stereocenters. The fourth-order valence-electron chi connectivity index (χ4n) is 2.05. The second-order valence-electron chi connectivity index (χ2n) is 6.14. The van der Waals surface area contributed by atoms with Crippen LogP contribution < -0.4 is 9.64 Å². The van der Waals surface area contributed by atoms with E-state index in [1.807, 2.05) is 0 Å². The first-order chi connectivity index (χ1) is 10.2. The van der Waals surface area contributed by atoms with Crippen molar-refractivity contribution >= 4 is 17.8 Å². The number of nitrogens with zero attached hydrogens (tertiary/aromatic N) is 3. The summed E-state index contributed by atoms with van der Waals surface area (Å²) in [5, 5.41) is 0. The summed E-state index contributed by atoms with van der Waals surface area (Å²) in [7, 11) is 3.13. The number of likely N-dealkylation sites (N-methyl/N-ethyl adjacent to an activating group) is 2. The Morgan fingerprint density at radius 3 is 2.82 bits per heavy atom. The van der Waals surface area contributed by atoms with Crippen LogP contribution in [0.3, 0.4) is 0 Å². The maximum Gasteiger partial charge on any atom is 0.410 e. The van der Waals surface area contributed by atoms with E-state index in [1.165, 1.54) is 16.8 Å². The van der Waals surface area contributed by atoms with Crippen LogP contribution in [0.25, 0.3) is 0 Å². The molecular weight excluding hydrogens is 286 g/mol. The predicted octanol–water partition coefficient (Wildman–Crippen LogP) is 1.67. The van der Waals surface area contributed by atoms with Gasteiger partial charge in [-0.3, -0.25) is 14.6 Å². The third-order valence-electron chi connectivity index (χ3n) is 3.23. The zero-order chi connectivity index (χ0) is 16.5. The smallest absolute Gasteiger partial charge is 0.410 e. The molecule has 120 valence electrons. The molecule has 7 heteroatoms. The molecule has 1 aromatic rings. The summed E-state index contributed by atoms with van der Waals surface area (Å²) in [5.74, 6) is 0.678. The molecule has 0 fully saturated rings. The van der Waals surface area contributed by atoms with Gasteiger partial charge < -0.3 is 9.47 Å². The Labute approximate surface area is 129 Å². The molecule has 0 saturated heterocycles. The van der Waals surface area contributed by atoms with Crippen LogP contribution in [0.1, 0.15) is 20.8 Å². The van der Waals surface area contributed by atoms with E-state index in [9.17, 15) is 9.59 Å². The highest BCUT2D eigenvalue weighted by atomic mass is 16.6. The van der Waals surface area contributed by atoms with Crippen molar-refractivity contribution in [3.8, 4) is 5.75 Å². The number of hydrogen-bond acceptors (Lipinski definition) is 5. The molecule has 2 amide bonds. The van der Waals surface area contributed by atoms with Crippen molar-refractivity contribution in [2.45, 2.75) is 32.4 Å². The van der Waals surface area contributed by atoms with Crippen molar-refractivity contribution in [1.82, 2.24) is 9.88 Å². The predicted molar refractivity (Wildman–Crippen MR) is 80.9 cm³/mol. The van der Waals surface area contributed by atoms with Crippen LogP contribution in [0, 0.1) is 0 Å². The summed E-state index contributed by atoms with van der Waals surface area (Å²) in [4.78, 5) is 31.5. The number of hydrogen-bond donors (Lipinski definition) is 0. The summed E-state index contributed by atoms with van der Waals surface area (Å²) >= 11 is 0. The average Bonchev–Trinajstić information content (AvgIpc) is 2.56. The SMILES string of the molecule is CN1C(=O)[C@H](N(C)C(=O)OC(C)(C)C)COc2cccnc21.